The number of ether oxygens (including phenoxy) is 1. The number of aromatic nitrogens is 2. The van der Waals surface area contributed by atoms with Crippen molar-refractivity contribution in [2.75, 3.05) is 12.0 Å². The number of sulfone groups is 1. The molecule has 2 aromatic rings. The van der Waals surface area contributed by atoms with Gasteiger partial charge in [0.25, 0.3) is 0 Å². The van der Waals surface area contributed by atoms with Crippen LogP contribution in [0.25, 0.3) is 11.0 Å². The highest BCUT2D eigenvalue weighted by atomic mass is 32.2. The maximum Gasteiger partial charge on any atom is 0.201 e. The zero-order valence-electron chi connectivity index (χ0n) is 11.7. The molecule has 0 radical (unpaired) electrons. The van der Waals surface area contributed by atoms with E-state index in [9.17, 15) is 8.42 Å². The molecule has 2 fully saturated rings. The molecule has 2 saturated heterocycles. The lowest BCUT2D eigenvalue weighted by atomic mass is 9.95. The largest absolute Gasteiger partial charge is 0.373 e. The normalized spacial score (nSPS) is 28.5. The summed E-state index contributed by atoms with van der Waals surface area (Å²) in [5.41, 5.74) is 7.31. The second kappa shape index (κ2) is 4.20. The highest BCUT2D eigenvalue weighted by Crippen LogP contribution is 2.44. The first-order valence-corrected chi connectivity index (χ1v) is 8.96. The Balaban J connectivity index is 1.93. The summed E-state index contributed by atoms with van der Waals surface area (Å²) in [7, 11) is -3.33. The van der Waals surface area contributed by atoms with Gasteiger partial charge in [0.2, 0.25) is 5.95 Å². The smallest absolute Gasteiger partial charge is 0.201 e. The molecule has 1 aromatic carbocycles. The molecule has 1 aromatic heterocycles. The van der Waals surface area contributed by atoms with Gasteiger partial charge in [0.05, 0.1) is 28.7 Å². The molecule has 0 spiro atoms. The van der Waals surface area contributed by atoms with Crippen molar-refractivity contribution in [1.29, 1.82) is 0 Å². The highest BCUT2D eigenvalue weighted by molar-refractivity contribution is 7.91. The number of nitrogens with two attached hydrogens (primary N) is 1. The molecule has 0 saturated carbocycles. The number of hydrogen-bond acceptors (Lipinski definition) is 5. The fourth-order valence-corrected chi connectivity index (χ4v) is 4.47. The Morgan fingerprint density at radius 2 is 2.19 bits per heavy atom. The van der Waals surface area contributed by atoms with E-state index in [0.717, 1.165) is 24.8 Å². The van der Waals surface area contributed by atoms with Gasteiger partial charge in [-0.1, -0.05) is 6.07 Å². The molecule has 0 amide bonds. The van der Waals surface area contributed by atoms with Crippen LogP contribution in [0.1, 0.15) is 25.3 Å². The second-order valence-corrected chi connectivity index (χ2v) is 7.90. The van der Waals surface area contributed by atoms with Gasteiger partial charge in [-0.25, -0.2) is 13.4 Å². The Morgan fingerprint density at radius 3 is 2.81 bits per heavy atom. The van der Waals surface area contributed by atoms with Crippen LogP contribution in [0.2, 0.25) is 0 Å². The molecule has 2 bridgehead atoms. The van der Waals surface area contributed by atoms with Gasteiger partial charge in [0.15, 0.2) is 9.84 Å². The van der Waals surface area contributed by atoms with Crippen molar-refractivity contribution in [3.63, 3.8) is 0 Å². The summed E-state index contributed by atoms with van der Waals surface area (Å²) >= 11 is 0. The summed E-state index contributed by atoms with van der Waals surface area (Å²) in [6, 6.07) is 5.35. The van der Waals surface area contributed by atoms with E-state index in [1.54, 1.807) is 12.1 Å². The van der Waals surface area contributed by atoms with Gasteiger partial charge in [-0.3, -0.25) is 0 Å². The van der Waals surface area contributed by atoms with E-state index in [-0.39, 0.29) is 17.0 Å². The third-order valence-corrected chi connectivity index (χ3v) is 5.64. The average molecular weight is 307 g/mol. The van der Waals surface area contributed by atoms with Crippen LogP contribution in [-0.2, 0) is 14.6 Å². The van der Waals surface area contributed by atoms with Crippen LogP contribution in [-0.4, -0.2) is 36.4 Å². The fraction of sp³-hybridized carbons (Fsp3) is 0.500. The predicted molar refractivity (Wildman–Crippen MR) is 78.8 cm³/mol. The first-order valence-electron chi connectivity index (χ1n) is 7.07. The lowest BCUT2D eigenvalue weighted by Crippen LogP contribution is -2.22. The maximum atomic E-state index is 11.9. The van der Waals surface area contributed by atoms with E-state index in [0.29, 0.717) is 17.6 Å². The Kier molecular flexibility index (Phi) is 2.62. The van der Waals surface area contributed by atoms with E-state index in [1.807, 2.05) is 10.6 Å². The molecular weight excluding hydrogens is 290 g/mol. The molecule has 2 aliphatic rings. The third kappa shape index (κ3) is 1.87. The number of benzene rings is 1. The maximum absolute atomic E-state index is 11.9. The minimum absolute atomic E-state index is 0.156. The standard InChI is InChI=1S/C14H17N3O3S/c1-21(18,19)12-4-2-3-9-13(12)16-14(15)17(9)10-7-8-5-6-11(10)20-8/h2-4,8,10-11H,5-7H2,1H3,(H2,15,16). The molecule has 112 valence electrons. The zero-order chi connectivity index (χ0) is 14.8. The highest BCUT2D eigenvalue weighted by Gasteiger charge is 2.43. The topological polar surface area (TPSA) is 87.2 Å². The van der Waals surface area contributed by atoms with Crippen LogP contribution in [0.5, 0.6) is 0 Å². The van der Waals surface area contributed by atoms with Crippen LogP contribution in [0, 0.1) is 0 Å². The molecular formula is C14H17N3O3S. The summed E-state index contributed by atoms with van der Waals surface area (Å²) in [6.07, 6.45) is 4.70. The number of imidazole rings is 1. The van der Waals surface area contributed by atoms with E-state index in [4.69, 9.17) is 10.5 Å². The number of hydrogen-bond donors (Lipinski definition) is 1. The van der Waals surface area contributed by atoms with Crippen LogP contribution < -0.4 is 5.73 Å². The molecule has 3 unspecified atom stereocenters. The van der Waals surface area contributed by atoms with Crippen molar-refractivity contribution in [2.24, 2.45) is 0 Å². The van der Waals surface area contributed by atoms with Gasteiger partial charge in [-0.05, 0) is 31.4 Å². The first kappa shape index (κ1) is 13.1. The summed E-state index contributed by atoms with van der Waals surface area (Å²) in [6.45, 7) is 0. The monoisotopic (exact) mass is 307 g/mol. The van der Waals surface area contributed by atoms with Crippen LogP contribution >= 0.6 is 0 Å². The lowest BCUT2D eigenvalue weighted by Gasteiger charge is -2.22. The molecule has 2 aliphatic heterocycles. The Bertz CT molecular complexity index is 827. The van der Waals surface area contributed by atoms with Gasteiger partial charge < -0.3 is 15.0 Å². The van der Waals surface area contributed by atoms with Gasteiger partial charge in [0.1, 0.15) is 5.52 Å². The summed E-state index contributed by atoms with van der Waals surface area (Å²) in [5, 5.41) is 0. The molecule has 3 atom stereocenters. The van der Waals surface area contributed by atoms with Crippen molar-refractivity contribution in [2.45, 2.75) is 42.4 Å². The van der Waals surface area contributed by atoms with Gasteiger partial charge in [-0.2, -0.15) is 0 Å². The minimum atomic E-state index is -3.33. The van der Waals surface area contributed by atoms with Crippen molar-refractivity contribution < 1.29 is 13.2 Å². The van der Waals surface area contributed by atoms with Crippen molar-refractivity contribution in [3.05, 3.63) is 18.2 Å². The molecule has 2 N–H and O–H groups in total. The van der Waals surface area contributed by atoms with Gasteiger partial charge in [-0.15, -0.1) is 0 Å². The molecule has 7 heteroatoms. The zero-order valence-corrected chi connectivity index (χ0v) is 12.5. The second-order valence-electron chi connectivity index (χ2n) is 5.91. The number of nitrogens with zero attached hydrogens (tertiary/aromatic N) is 2. The van der Waals surface area contributed by atoms with Gasteiger partial charge in [0, 0.05) is 6.26 Å². The van der Waals surface area contributed by atoms with Crippen LogP contribution in [0.4, 0.5) is 5.95 Å². The summed E-state index contributed by atoms with van der Waals surface area (Å²) < 4.78 is 31.6. The van der Waals surface area contributed by atoms with E-state index < -0.39 is 9.84 Å². The van der Waals surface area contributed by atoms with Crippen LogP contribution in [0.15, 0.2) is 23.1 Å². The van der Waals surface area contributed by atoms with Crippen molar-refractivity contribution in [3.8, 4) is 0 Å². The molecule has 6 nitrogen and oxygen atoms in total. The Hall–Kier alpha value is -1.60. The molecule has 4 rings (SSSR count). The SMILES string of the molecule is CS(=O)(=O)c1cccc2c1nc(N)n2C1CC2CCC1O2. The van der Waals surface area contributed by atoms with Crippen molar-refractivity contribution in [1.82, 2.24) is 9.55 Å². The van der Waals surface area contributed by atoms with Crippen LogP contribution in [0.3, 0.4) is 0 Å². The first-order chi connectivity index (χ1) is 9.95. The van der Waals surface area contributed by atoms with E-state index in [2.05, 4.69) is 4.98 Å². The fourth-order valence-electron chi connectivity index (χ4n) is 3.64. The Morgan fingerprint density at radius 1 is 1.38 bits per heavy atom. The molecule has 3 heterocycles. The minimum Gasteiger partial charge on any atom is -0.373 e. The summed E-state index contributed by atoms with van der Waals surface area (Å²) in [5.74, 6) is 0.363. The Labute approximate surface area is 122 Å². The predicted octanol–water partition coefficient (Wildman–Crippen LogP) is 1.51. The number of fused-ring (bicyclic) bond motifs is 3. The molecule has 21 heavy (non-hydrogen) atoms. The van der Waals surface area contributed by atoms with E-state index in [1.165, 1.54) is 6.26 Å². The number of rotatable bonds is 2. The number of para-hydroxylation sites is 1. The van der Waals surface area contributed by atoms with E-state index >= 15 is 0 Å². The lowest BCUT2D eigenvalue weighted by molar-refractivity contribution is 0.0945. The third-order valence-electron chi connectivity index (χ3n) is 4.52. The quantitative estimate of drug-likeness (QED) is 0.909. The van der Waals surface area contributed by atoms with Crippen molar-refractivity contribution >= 4 is 26.8 Å². The average Bonchev–Trinajstić information content (AvgIpc) is 3.08. The molecule has 0 aliphatic carbocycles. The number of anilines is 1. The van der Waals surface area contributed by atoms with Gasteiger partial charge >= 0.3 is 0 Å². The summed E-state index contributed by atoms with van der Waals surface area (Å²) in [4.78, 5) is 4.54. The number of nitrogen functional groups attached to an aromatic ring is 1.